The van der Waals surface area contributed by atoms with Crippen LogP contribution in [0.4, 0.5) is 11.5 Å². The highest BCUT2D eigenvalue weighted by Crippen LogP contribution is 2.25. The molecule has 1 heterocycles. The molecule has 0 saturated carbocycles. The van der Waals surface area contributed by atoms with E-state index in [9.17, 15) is 0 Å². The number of halogens is 2. The smallest absolute Gasteiger partial charge is 0.224 e. The number of aromatic nitrogens is 2. The van der Waals surface area contributed by atoms with E-state index in [1.165, 1.54) is 17.3 Å². The van der Waals surface area contributed by atoms with Crippen molar-refractivity contribution in [2.75, 3.05) is 5.32 Å². The molecule has 1 N–H and O–H groups in total. The highest BCUT2D eigenvalue weighted by molar-refractivity contribution is 6.33. The number of nitrogens with zero attached hydrogens (tertiary/aromatic N) is 2. The molecule has 0 saturated heterocycles. The van der Waals surface area contributed by atoms with E-state index < -0.39 is 0 Å². The van der Waals surface area contributed by atoms with Crippen molar-refractivity contribution in [3.8, 4) is 0 Å². The Morgan fingerprint density at radius 3 is 2.72 bits per heavy atom. The van der Waals surface area contributed by atoms with Crippen molar-refractivity contribution in [2.24, 2.45) is 0 Å². The minimum absolute atomic E-state index is 0.170. The summed E-state index contributed by atoms with van der Waals surface area (Å²) < 4.78 is 0. The molecule has 0 fully saturated rings. The maximum Gasteiger partial charge on any atom is 0.224 e. The van der Waals surface area contributed by atoms with E-state index in [1.54, 1.807) is 0 Å². The van der Waals surface area contributed by atoms with Crippen molar-refractivity contribution in [3.63, 3.8) is 0 Å². The van der Waals surface area contributed by atoms with Gasteiger partial charge in [-0.05, 0) is 48.2 Å². The van der Waals surface area contributed by atoms with Gasteiger partial charge in [0.15, 0.2) is 5.82 Å². The Morgan fingerprint density at radius 1 is 1.28 bits per heavy atom. The summed E-state index contributed by atoms with van der Waals surface area (Å²) >= 11 is 11.7. The van der Waals surface area contributed by atoms with Crippen LogP contribution in [-0.4, -0.2) is 9.97 Å². The number of aryl methyl sites for hydroxylation is 2. The zero-order valence-corrected chi connectivity index (χ0v) is 11.7. The maximum absolute atomic E-state index is 6.00. The Balaban J connectivity index is 2.28. The molecule has 0 unspecified atom stereocenters. The first kappa shape index (κ1) is 13.1. The molecule has 0 amide bonds. The minimum Gasteiger partial charge on any atom is -0.339 e. The van der Waals surface area contributed by atoms with Gasteiger partial charge in [-0.2, -0.15) is 4.98 Å². The molecule has 0 aliphatic carbocycles. The highest BCUT2D eigenvalue weighted by atomic mass is 35.5. The zero-order chi connectivity index (χ0) is 13.1. The van der Waals surface area contributed by atoms with Gasteiger partial charge >= 0.3 is 0 Å². The van der Waals surface area contributed by atoms with Crippen molar-refractivity contribution in [3.05, 3.63) is 45.8 Å². The van der Waals surface area contributed by atoms with Crippen LogP contribution in [0.25, 0.3) is 0 Å². The molecule has 0 bridgehead atoms. The van der Waals surface area contributed by atoms with Gasteiger partial charge in [0.2, 0.25) is 5.28 Å². The molecule has 1 aromatic heterocycles. The first-order valence-corrected chi connectivity index (χ1v) is 6.40. The van der Waals surface area contributed by atoms with Gasteiger partial charge in [-0.15, -0.1) is 0 Å². The monoisotopic (exact) mass is 281 g/mol. The molecular formula is C13H13Cl2N3. The van der Waals surface area contributed by atoms with Crippen LogP contribution in [0.1, 0.15) is 18.1 Å². The highest BCUT2D eigenvalue weighted by Gasteiger charge is 2.05. The lowest BCUT2D eigenvalue weighted by atomic mass is 10.1. The number of benzene rings is 1. The lowest BCUT2D eigenvalue weighted by Crippen LogP contribution is -1.97. The van der Waals surface area contributed by atoms with Crippen LogP contribution in [0.3, 0.4) is 0 Å². The van der Waals surface area contributed by atoms with Crippen LogP contribution in [0.5, 0.6) is 0 Å². The second-order valence-electron chi connectivity index (χ2n) is 3.96. The van der Waals surface area contributed by atoms with Crippen LogP contribution in [0.15, 0.2) is 24.4 Å². The second-order valence-corrected chi connectivity index (χ2v) is 4.70. The standard InChI is InChI=1S/C13H13Cl2N3/c1-3-9-4-5-10(6-8(9)2)17-12-11(14)7-16-13(15)18-12/h4-7H,3H2,1-2H3,(H,16,17,18). The van der Waals surface area contributed by atoms with Gasteiger partial charge in [-0.1, -0.05) is 24.6 Å². The zero-order valence-electron chi connectivity index (χ0n) is 10.2. The Bertz CT molecular complexity index is 570. The summed E-state index contributed by atoms with van der Waals surface area (Å²) in [5.74, 6) is 0.514. The van der Waals surface area contributed by atoms with Crippen molar-refractivity contribution < 1.29 is 0 Å². The predicted octanol–water partition coefficient (Wildman–Crippen LogP) is 4.40. The predicted molar refractivity (Wildman–Crippen MR) is 75.9 cm³/mol. The molecule has 5 heteroatoms. The summed E-state index contributed by atoms with van der Waals surface area (Å²) in [4.78, 5) is 7.86. The summed E-state index contributed by atoms with van der Waals surface area (Å²) in [5.41, 5.74) is 3.49. The summed E-state index contributed by atoms with van der Waals surface area (Å²) in [6.07, 6.45) is 2.50. The fourth-order valence-electron chi connectivity index (χ4n) is 1.74. The fraction of sp³-hybridized carbons (Fsp3) is 0.231. The Hall–Kier alpha value is -1.32. The van der Waals surface area contributed by atoms with E-state index in [2.05, 4.69) is 41.3 Å². The van der Waals surface area contributed by atoms with Gasteiger partial charge in [0, 0.05) is 5.69 Å². The van der Waals surface area contributed by atoms with Gasteiger partial charge in [-0.25, -0.2) is 4.98 Å². The molecule has 1 aromatic carbocycles. The van der Waals surface area contributed by atoms with Crippen LogP contribution < -0.4 is 5.32 Å². The average molecular weight is 282 g/mol. The van der Waals surface area contributed by atoms with E-state index in [0.29, 0.717) is 10.8 Å². The van der Waals surface area contributed by atoms with E-state index >= 15 is 0 Å². The number of nitrogens with one attached hydrogen (secondary N) is 1. The van der Waals surface area contributed by atoms with Crippen molar-refractivity contribution >= 4 is 34.7 Å². The third kappa shape index (κ3) is 2.92. The molecular weight excluding hydrogens is 269 g/mol. The van der Waals surface area contributed by atoms with Crippen LogP contribution in [0, 0.1) is 6.92 Å². The molecule has 0 atom stereocenters. The van der Waals surface area contributed by atoms with Gasteiger partial charge in [-0.3, -0.25) is 0 Å². The largest absolute Gasteiger partial charge is 0.339 e. The SMILES string of the molecule is CCc1ccc(Nc2nc(Cl)ncc2Cl)cc1C. The van der Waals surface area contributed by atoms with Gasteiger partial charge in [0.25, 0.3) is 0 Å². The average Bonchev–Trinajstić information content (AvgIpc) is 2.34. The van der Waals surface area contributed by atoms with E-state index in [1.807, 2.05) is 6.07 Å². The molecule has 18 heavy (non-hydrogen) atoms. The lowest BCUT2D eigenvalue weighted by Gasteiger charge is -2.10. The summed E-state index contributed by atoms with van der Waals surface area (Å²) in [7, 11) is 0. The minimum atomic E-state index is 0.170. The van der Waals surface area contributed by atoms with Gasteiger partial charge < -0.3 is 5.32 Å². The van der Waals surface area contributed by atoms with E-state index in [-0.39, 0.29) is 5.28 Å². The lowest BCUT2D eigenvalue weighted by molar-refractivity contribution is 1.11. The molecule has 3 nitrogen and oxygen atoms in total. The van der Waals surface area contributed by atoms with E-state index in [0.717, 1.165) is 12.1 Å². The third-order valence-corrected chi connectivity index (χ3v) is 3.16. The number of anilines is 2. The van der Waals surface area contributed by atoms with Crippen LogP contribution in [0.2, 0.25) is 10.3 Å². The molecule has 0 spiro atoms. The molecule has 0 aliphatic rings. The molecule has 0 aliphatic heterocycles. The normalized spacial score (nSPS) is 10.4. The number of hydrogen-bond donors (Lipinski definition) is 1. The Labute approximate surface area is 116 Å². The molecule has 2 rings (SSSR count). The van der Waals surface area contributed by atoms with Gasteiger partial charge in [0.05, 0.1) is 6.20 Å². The summed E-state index contributed by atoms with van der Waals surface area (Å²) in [6.45, 7) is 4.22. The van der Waals surface area contributed by atoms with Crippen molar-refractivity contribution in [1.29, 1.82) is 0 Å². The van der Waals surface area contributed by atoms with Crippen molar-refractivity contribution in [1.82, 2.24) is 9.97 Å². The van der Waals surface area contributed by atoms with E-state index in [4.69, 9.17) is 23.2 Å². The van der Waals surface area contributed by atoms with Gasteiger partial charge in [0.1, 0.15) is 5.02 Å². The molecule has 94 valence electrons. The molecule has 2 aromatic rings. The first-order chi connectivity index (χ1) is 8.60. The second kappa shape index (κ2) is 5.55. The van der Waals surface area contributed by atoms with Crippen LogP contribution >= 0.6 is 23.2 Å². The fourth-order valence-corrected chi connectivity index (χ4v) is 2.01. The Kier molecular flexibility index (Phi) is 4.04. The quantitative estimate of drug-likeness (QED) is 0.848. The summed E-state index contributed by atoms with van der Waals surface area (Å²) in [6, 6.07) is 6.15. The maximum atomic E-state index is 6.00. The number of rotatable bonds is 3. The Morgan fingerprint density at radius 2 is 2.06 bits per heavy atom. The molecule has 0 radical (unpaired) electrons. The summed E-state index contributed by atoms with van der Waals surface area (Å²) in [5, 5.41) is 3.75. The topological polar surface area (TPSA) is 37.8 Å². The number of hydrogen-bond acceptors (Lipinski definition) is 3. The van der Waals surface area contributed by atoms with Crippen molar-refractivity contribution in [2.45, 2.75) is 20.3 Å². The van der Waals surface area contributed by atoms with Crippen LogP contribution in [-0.2, 0) is 6.42 Å². The third-order valence-electron chi connectivity index (χ3n) is 2.70. The first-order valence-electron chi connectivity index (χ1n) is 5.64.